The van der Waals surface area contributed by atoms with Crippen LogP contribution in [0.15, 0.2) is 34.9 Å². The van der Waals surface area contributed by atoms with Gasteiger partial charge in [-0.05, 0) is 53.0 Å². The van der Waals surface area contributed by atoms with Gasteiger partial charge in [0, 0.05) is 16.7 Å². The molecule has 2 heterocycles. The van der Waals surface area contributed by atoms with Gasteiger partial charge < -0.3 is 5.32 Å². The minimum absolute atomic E-state index is 0.0786. The Hall–Kier alpha value is -2.28. The third-order valence-corrected chi connectivity index (χ3v) is 4.11. The largest absolute Gasteiger partial charge is 0.318 e. The van der Waals surface area contributed by atoms with E-state index in [-0.39, 0.29) is 5.69 Å². The number of benzene rings is 1. The highest BCUT2D eigenvalue weighted by Crippen LogP contribution is 2.23. The fourth-order valence-electron chi connectivity index (χ4n) is 2.57. The van der Waals surface area contributed by atoms with E-state index >= 15 is 0 Å². The molecule has 1 amide bonds. The number of imidazole rings is 1. The Morgan fingerprint density at radius 1 is 1.33 bits per heavy atom. The lowest BCUT2D eigenvalue weighted by atomic mass is 10.2. The van der Waals surface area contributed by atoms with E-state index < -0.39 is 17.5 Å². The summed E-state index contributed by atoms with van der Waals surface area (Å²) in [6.45, 7) is 3.79. The zero-order valence-corrected chi connectivity index (χ0v) is 14.6. The van der Waals surface area contributed by atoms with E-state index in [2.05, 4.69) is 26.2 Å². The second-order valence-electron chi connectivity index (χ2n) is 5.37. The molecule has 0 spiro atoms. The van der Waals surface area contributed by atoms with Gasteiger partial charge in [0.15, 0.2) is 0 Å². The van der Waals surface area contributed by atoms with Gasteiger partial charge in [-0.1, -0.05) is 6.92 Å². The van der Waals surface area contributed by atoms with Gasteiger partial charge in [0.25, 0.3) is 5.91 Å². The summed E-state index contributed by atoms with van der Waals surface area (Å²) >= 11 is 3.40. The molecule has 3 aromatic rings. The molecule has 0 aliphatic carbocycles. The van der Waals surface area contributed by atoms with Gasteiger partial charge in [0.05, 0.1) is 11.4 Å². The molecule has 0 bridgehead atoms. The lowest BCUT2D eigenvalue weighted by molar-refractivity contribution is 0.102. The smallest absolute Gasteiger partial charge is 0.274 e. The van der Waals surface area contributed by atoms with Crippen molar-refractivity contribution in [2.24, 2.45) is 0 Å². The Morgan fingerprint density at radius 3 is 2.75 bits per heavy atom. The number of nitrogens with zero attached hydrogens (tertiary/aromatic N) is 2. The average molecular weight is 394 g/mol. The van der Waals surface area contributed by atoms with Gasteiger partial charge in [-0.3, -0.25) is 9.20 Å². The van der Waals surface area contributed by atoms with E-state index in [0.717, 1.165) is 22.2 Å². The average Bonchev–Trinajstić information content (AvgIpc) is 2.88. The van der Waals surface area contributed by atoms with E-state index in [9.17, 15) is 13.6 Å². The van der Waals surface area contributed by atoms with Crippen LogP contribution in [0, 0.1) is 18.6 Å². The van der Waals surface area contributed by atoms with Crippen molar-refractivity contribution in [2.75, 3.05) is 5.32 Å². The number of carbonyl (C=O) groups excluding carboxylic acids is 1. The molecule has 2 aromatic heterocycles. The summed E-state index contributed by atoms with van der Waals surface area (Å²) in [4.78, 5) is 17.2. The van der Waals surface area contributed by atoms with Crippen LogP contribution in [-0.2, 0) is 6.42 Å². The Labute approximate surface area is 145 Å². The van der Waals surface area contributed by atoms with Crippen LogP contribution >= 0.6 is 15.9 Å². The molecule has 0 saturated heterocycles. The molecule has 4 nitrogen and oxygen atoms in total. The van der Waals surface area contributed by atoms with E-state index in [1.54, 1.807) is 10.6 Å². The zero-order chi connectivity index (χ0) is 17.4. The van der Waals surface area contributed by atoms with Crippen LogP contribution in [0.2, 0.25) is 0 Å². The highest BCUT2D eigenvalue weighted by molar-refractivity contribution is 9.10. The Kier molecular flexibility index (Phi) is 4.36. The minimum atomic E-state index is -0.826. The SMILES string of the molecule is CCc1nc2c(C)cc(Br)cn2c1C(=O)Nc1ccc(F)cc1F. The van der Waals surface area contributed by atoms with E-state index in [1.807, 2.05) is 19.9 Å². The summed E-state index contributed by atoms with van der Waals surface area (Å²) in [7, 11) is 0. The number of pyridine rings is 1. The van der Waals surface area contributed by atoms with Gasteiger partial charge in [-0.15, -0.1) is 0 Å². The molecule has 0 atom stereocenters. The standard InChI is InChI=1S/C17H14BrF2N3O/c1-3-13-15(23-8-10(18)6-9(2)16(23)21-13)17(24)22-14-5-4-11(19)7-12(14)20/h4-8H,3H2,1-2H3,(H,22,24). The molecular formula is C17H14BrF2N3O. The van der Waals surface area contributed by atoms with Crippen molar-refractivity contribution in [3.63, 3.8) is 0 Å². The molecule has 0 aliphatic rings. The number of hydrogen-bond acceptors (Lipinski definition) is 2. The van der Waals surface area contributed by atoms with Crippen molar-refractivity contribution in [3.8, 4) is 0 Å². The molecule has 124 valence electrons. The number of fused-ring (bicyclic) bond motifs is 1. The van der Waals surface area contributed by atoms with Crippen molar-refractivity contribution in [1.82, 2.24) is 9.38 Å². The summed E-state index contributed by atoms with van der Waals surface area (Å²) < 4.78 is 29.3. The summed E-state index contributed by atoms with van der Waals surface area (Å²) in [5.74, 6) is -2.02. The van der Waals surface area contributed by atoms with Crippen molar-refractivity contribution in [1.29, 1.82) is 0 Å². The Balaban J connectivity index is 2.09. The number of aromatic nitrogens is 2. The quantitative estimate of drug-likeness (QED) is 0.711. The lowest BCUT2D eigenvalue weighted by Crippen LogP contribution is -2.17. The first-order valence-electron chi connectivity index (χ1n) is 7.34. The predicted octanol–water partition coefficient (Wildman–Crippen LogP) is 4.50. The first-order chi connectivity index (χ1) is 11.4. The summed E-state index contributed by atoms with van der Waals surface area (Å²) in [5, 5.41) is 2.49. The zero-order valence-electron chi connectivity index (χ0n) is 13.0. The maximum Gasteiger partial charge on any atom is 0.274 e. The van der Waals surface area contributed by atoms with Gasteiger partial charge in [-0.25, -0.2) is 13.8 Å². The van der Waals surface area contributed by atoms with Crippen LogP contribution in [0.3, 0.4) is 0 Å². The Bertz CT molecular complexity index is 953. The normalized spacial score (nSPS) is 11.0. The predicted molar refractivity (Wildman–Crippen MR) is 91.3 cm³/mol. The van der Waals surface area contributed by atoms with Crippen LogP contribution in [0.1, 0.15) is 28.7 Å². The molecule has 0 radical (unpaired) electrons. The highest BCUT2D eigenvalue weighted by Gasteiger charge is 2.20. The summed E-state index contributed by atoms with van der Waals surface area (Å²) in [5.41, 5.74) is 2.44. The number of hydrogen-bond donors (Lipinski definition) is 1. The third-order valence-electron chi connectivity index (χ3n) is 3.67. The number of rotatable bonds is 3. The van der Waals surface area contributed by atoms with E-state index in [4.69, 9.17) is 0 Å². The molecule has 1 aromatic carbocycles. The van der Waals surface area contributed by atoms with Crippen molar-refractivity contribution in [3.05, 3.63) is 63.5 Å². The molecule has 0 unspecified atom stereocenters. The van der Waals surface area contributed by atoms with Gasteiger partial charge >= 0.3 is 0 Å². The second-order valence-corrected chi connectivity index (χ2v) is 6.29. The van der Waals surface area contributed by atoms with Crippen molar-refractivity contribution < 1.29 is 13.6 Å². The number of halogens is 3. The molecular weight excluding hydrogens is 380 g/mol. The summed E-state index contributed by atoms with van der Waals surface area (Å²) in [6, 6.07) is 4.92. The van der Waals surface area contributed by atoms with Crippen LogP contribution in [0.4, 0.5) is 14.5 Å². The molecule has 0 aliphatic heterocycles. The number of carbonyl (C=O) groups is 1. The summed E-state index contributed by atoms with van der Waals surface area (Å²) in [6.07, 6.45) is 2.29. The van der Waals surface area contributed by atoms with E-state index in [1.165, 1.54) is 6.07 Å². The maximum atomic E-state index is 13.8. The fourth-order valence-corrected chi connectivity index (χ4v) is 3.12. The van der Waals surface area contributed by atoms with Gasteiger partial charge in [-0.2, -0.15) is 0 Å². The molecule has 0 saturated carbocycles. The van der Waals surface area contributed by atoms with Crippen molar-refractivity contribution in [2.45, 2.75) is 20.3 Å². The van der Waals surface area contributed by atoms with Gasteiger partial charge in [0.1, 0.15) is 23.0 Å². The Morgan fingerprint density at radius 2 is 2.08 bits per heavy atom. The molecule has 24 heavy (non-hydrogen) atoms. The van der Waals surface area contributed by atoms with Gasteiger partial charge in [0.2, 0.25) is 0 Å². The number of anilines is 1. The third kappa shape index (κ3) is 2.91. The first kappa shape index (κ1) is 16.6. The lowest BCUT2D eigenvalue weighted by Gasteiger charge is -2.08. The van der Waals surface area contributed by atoms with Crippen LogP contribution in [-0.4, -0.2) is 15.3 Å². The van der Waals surface area contributed by atoms with Crippen LogP contribution in [0.25, 0.3) is 5.65 Å². The van der Waals surface area contributed by atoms with Crippen molar-refractivity contribution >= 4 is 33.2 Å². The minimum Gasteiger partial charge on any atom is -0.318 e. The number of amides is 1. The second kappa shape index (κ2) is 6.32. The first-order valence-corrected chi connectivity index (χ1v) is 8.13. The van der Waals surface area contributed by atoms with Crippen LogP contribution < -0.4 is 5.32 Å². The monoisotopic (exact) mass is 393 g/mol. The molecule has 3 rings (SSSR count). The molecule has 0 fully saturated rings. The van der Waals surface area contributed by atoms with Crippen LogP contribution in [0.5, 0.6) is 0 Å². The molecule has 1 N–H and O–H groups in total. The molecule has 7 heteroatoms. The highest BCUT2D eigenvalue weighted by atomic mass is 79.9. The number of nitrogens with one attached hydrogen (secondary N) is 1. The van der Waals surface area contributed by atoms with E-state index in [0.29, 0.717) is 23.5 Å². The fraction of sp³-hybridized carbons (Fsp3) is 0.176. The maximum absolute atomic E-state index is 13.8. The topological polar surface area (TPSA) is 46.4 Å². The number of aryl methyl sites for hydroxylation is 2.